The molecule has 2 atom stereocenters. The van der Waals surface area contributed by atoms with Gasteiger partial charge in [0, 0.05) is 30.2 Å². The van der Waals surface area contributed by atoms with E-state index in [0.717, 1.165) is 37.8 Å². The lowest BCUT2D eigenvalue weighted by Gasteiger charge is -2.39. The second kappa shape index (κ2) is 8.22. The van der Waals surface area contributed by atoms with Crippen molar-refractivity contribution in [3.63, 3.8) is 0 Å². The van der Waals surface area contributed by atoms with Crippen LogP contribution in [0.2, 0.25) is 0 Å². The molecule has 2 saturated heterocycles. The van der Waals surface area contributed by atoms with E-state index >= 15 is 0 Å². The summed E-state index contributed by atoms with van der Waals surface area (Å²) in [7, 11) is 1.58. The Balaban J connectivity index is 1.40. The van der Waals surface area contributed by atoms with E-state index in [4.69, 9.17) is 10.00 Å². The summed E-state index contributed by atoms with van der Waals surface area (Å²) < 4.78 is 18.7. The first-order chi connectivity index (χ1) is 14.1. The number of halogens is 1. The minimum atomic E-state index is -0.398. The Bertz CT molecular complexity index is 941. The van der Waals surface area contributed by atoms with E-state index in [9.17, 15) is 9.18 Å². The van der Waals surface area contributed by atoms with Crippen molar-refractivity contribution in [1.82, 2.24) is 10.2 Å². The standard InChI is InChI=1S/C23H24FN3O2/c1-29-22-9-15(5-6-17(22)13-25)14-27-20-7-8-21(27)12-19(11-20)26-23(28)16-3-2-4-18(24)10-16/h2-6,9-10,19-21H,7-8,11-12,14H2,1H3,(H,26,28). The number of nitrogens with zero attached hydrogens (tertiary/aromatic N) is 2. The highest BCUT2D eigenvalue weighted by Gasteiger charge is 2.41. The van der Waals surface area contributed by atoms with E-state index in [0.29, 0.717) is 29.0 Å². The maximum absolute atomic E-state index is 13.4. The van der Waals surface area contributed by atoms with Gasteiger partial charge in [-0.1, -0.05) is 12.1 Å². The SMILES string of the molecule is COc1cc(CN2C3CCC2CC(NC(=O)c2cccc(F)c2)C3)ccc1C#N. The number of hydrogen-bond acceptors (Lipinski definition) is 4. The zero-order chi connectivity index (χ0) is 20.4. The number of nitriles is 1. The van der Waals surface area contributed by atoms with Gasteiger partial charge in [0.1, 0.15) is 17.6 Å². The van der Waals surface area contributed by atoms with Crippen LogP contribution in [0.25, 0.3) is 0 Å². The Labute approximate surface area is 170 Å². The molecule has 2 bridgehead atoms. The van der Waals surface area contributed by atoms with Gasteiger partial charge in [0.2, 0.25) is 0 Å². The van der Waals surface area contributed by atoms with Gasteiger partial charge in [-0.3, -0.25) is 9.69 Å². The van der Waals surface area contributed by atoms with E-state index in [2.05, 4.69) is 16.3 Å². The second-order valence-electron chi connectivity index (χ2n) is 7.86. The van der Waals surface area contributed by atoms with E-state index in [1.807, 2.05) is 18.2 Å². The van der Waals surface area contributed by atoms with Crippen LogP contribution in [-0.4, -0.2) is 36.0 Å². The molecule has 0 spiro atoms. The van der Waals surface area contributed by atoms with Crippen molar-refractivity contribution in [2.45, 2.75) is 50.4 Å². The first-order valence-corrected chi connectivity index (χ1v) is 9.96. The summed E-state index contributed by atoms with van der Waals surface area (Å²) in [6.07, 6.45) is 4.02. The van der Waals surface area contributed by atoms with Crippen LogP contribution in [0.4, 0.5) is 4.39 Å². The Kier molecular flexibility index (Phi) is 5.50. The molecule has 0 aliphatic carbocycles. The molecule has 2 aromatic rings. The molecule has 6 heteroatoms. The molecule has 29 heavy (non-hydrogen) atoms. The van der Waals surface area contributed by atoms with Crippen molar-refractivity contribution in [3.8, 4) is 11.8 Å². The van der Waals surface area contributed by atoms with Crippen LogP contribution >= 0.6 is 0 Å². The second-order valence-corrected chi connectivity index (χ2v) is 7.86. The van der Waals surface area contributed by atoms with E-state index in [1.165, 1.54) is 12.1 Å². The van der Waals surface area contributed by atoms with Gasteiger partial charge in [0.25, 0.3) is 5.91 Å². The third-order valence-corrected chi connectivity index (χ3v) is 6.06. The summed E-state index contributed by atoms with van der Waals surface area (Å²) in [5, 5.41) is 12.3. The minimum Gasteiger partial charge on any atom is -0.495 e. The van der Waals surface area contributed by atoms with Gasteiger partial charge >= 0.3 is 0 Å². The summed E-state index contributed by atoms with van der Waals surface area (Å²) >= 11 is 0. The van der Waals surface area contributed by atoms with Crippen LogP contribution in [0.5, 0.6) is 5.75 Å². The summed E-state index contributed by atoms with van der Waals surface area (Å²) in [6, 6.07) is 14.6. The zero-order valence-electron chi connectivity index (χ0n) is 16.4. The number of carbonyl (C=O) groups is 1. The van der Waals surface area contributed by atoms with Crippen molar-refractivity contribution in [3.05, 3.63) is 65.0 Å². The molecular weight excluding hydrogens is 369 g/mol. The van der Waals surface area contributed by atoms with Crippen molar-refractivity contribution >= 4 is 5.91 Å². The van der Waals surface area contributed by atoms with Gasteiger partial charge in [-0.25, -0.2) is 4.39 Å². The minimum absolute atomic E-state index is 0.106. The molecule has 4 rings (SSSR count). The van der Waals surface area contributed by atoms with Crippen LogP contribution in [0.3, 0.4) is 0 Å². The van der Waals surface area contributed by atoms with Crippen LogP contribution in [0, 0.1) is 17.1 Å². The molecule has 5 nitrogen and oxygen atoms in total. The number of methoxy groups -OCH3 is 1. The van der Waals surface area contributed by atoms with E-state index < -0.39 is 5.82 Å². The number of amides is 1. The van der Waals surface area contributed by atoms with Gasteiger partial charge in [0.05, 0.1) is 12.7 Å². The first-order valence-electron chi connectivity index (χ1n) is 9.96. The highest BCUT2D eigenvalue weighted by Crippen LogP contribution is 2.37. The maximum atomic E-state index is 13.4. The highest BCUT2D eigenvalue weighted by atomic mass is 19.1. The van der Waals surface area contributed by atoms with E-state index in [1.54, 1.807) is 19.2 Å². The number of fused-ring (bicyclic) bond motifs is 2. The molecule has 1 amide bonds. The third-order valence-electron chi connectivity index (χ3n) is 6.06. The molecule has 0 radical (unpaired) electrons. The summed E-state index contributed by atoms with van der Waals surface area (Å²) in [4.78, 5) is 15.0. The predicted molar refractivity (Wildman–Crippen MR) is 107 cm³/mol. The van der Waals surface area contributed by atoms with Gasteiger partial charge < -0.3 is 10.1 Å². The molecule has 2 aliphatic heterocycles. The first kappa shape index (κ1) is 19.4. The lowest BCUT2D eigenvalue weighted by atomic mass is 9.96. The van der Waals surface area contributed by atoms with Crippen LogP contribution in [-0.2, 0) is 6.54 Å². The van der Waals surface area contributed by atoms with Crippen LogP contribution in [0.15, 0.2) is 42.5 Å². The fraction of sp³-hybridized carbons (Fsp3) is 0.391. The summed E-state index contributed by atoms with van der Waals surface area (Å²) in [5.41, 5.74) is 2.03. The van der Waals surface area contributed by atoms with Gasteiger partial charge in [0.15, 0.2) is 0 Å². The molecule has 2 aromatic carbocycles. The number of rotatable bonds is 5. The molecular formula is C23H24FN3O2. The largest absolute Gasteiger partial charge is 0.495 e. The molecule has 1 N–H and O–H groups in total. The molecule has 2 unspecified atom stereocenters. The Morgan fingerprint density at radius 3 is 2.66 bits per heavy atom. The van der Waals surface area contributed by atoms with Crippen LogP contribution in [0.1, 0.15) is 47.2 Å². The summed E-state index contributed by atoms with van der Waals surface area (Å²) in [5.74, 6) is -0.000785. The number of piperidine rings is 1. The number of ether oxygens (including phenoxy) is 1. The van der Waals surface area contributed by atoms with Crippen molar-refractivity contribution in [2.75, 3.05) is 7.11 Å². The normalized spacial score (nSPS) is 23.4. The Morgan fingerprint density at radius 2 is 2.00 bits per heavy atom. The number of nitrogens with one attached hydrogen (secondary N) is 1. The number of hydrogen-bond donors (Lipinski definition) is 1. The molecule has 0 saturated carbocycles. The van der Waals surface area contributed by atoms with Crippen molar-refractivity contribution < 1.29 is 13.9 Å². The zero-order valence-corrected chi connectivity index (χ0v) is 16.4. The average molecular weight is 393 g/mol. The lowest BCUT2D eigenvalue weighted by molar-refractivity contribution is 0.0827. The third kappa shape index (κ3) is 4.10. The number of carbonyl (C=O) groups excluding carboxylic acids is 1. The monoisotopic (exact) mass is 393 g/mol. The van der Waals surface area contributed by atoms with Crippen molar-refractivity contribution in [1.29, 1.82) is 5.26 Å². The quantitative estimate of drug-likeness (QED) is 0.843. The average Bonchev–Trinajstić information content (AvgIpc) is 2.95. The van der Waals surface area contributed by atoms with Gasteiger partial charge in [-0.05, 0) is 61.6 Å². The smallest absolute Gasteiger partial charge is 0.251 e. The Morgan fingerprint density at radius 1 is 1.24 bits per heavy atom. The fourth-order valence-electron chi connectivity index (χ4n) is 4.69. The van der Waals surface area contributed by atoms with Crippen LogP contribution < -0.4 is 10.1 Å². The topological polar surface area (TPSA) is 65.4 Å². The van der Waals surface area contributed by atoms with Gasteiger partial charge in [-0.15, -0.1) is 0 Å². The highest BCUT2D eigenvalue weighted by molar-refractivity contribution is 5.94. The summed E-state index contributed by atoms with van der Waals surface area (Å²) in [6.45, 7) is 0.808. The number of benzene rings is 2. The molecule has 2 heterocycles. The van der Waals surface area contributed by atoms with E-state index in [-0.39, 0.29) is 11.9 Å². The molecule has 2 fully saturated rings. The maximum Gasteiger partial charge on any atom is 0.251 e. The predicted octanol–water partition coefficient (Wildman–Crippen LogP) is 3.63. The van der Waals surface area contributed by atoms with Gasteiger partial charge in [-0.2, -0.15) is 5.26 Å². The van der Waals surface area contributed by atoms with Crippen molar-refractivity contribution in [2.24, 2.45) is 0 Å². The fourth-order valence-corrected chi connectivity index (χ4v) is 4.69. The lowest BCUT2D eigenvalue weighted by Crippen LogP contribution is -2.50. The molecule has 150 valence electrons. The molecule has 2 aliphatic rings. The molecule has 0 aromatic heterocycles. The Hall–Kier alpha value is -2.91.